The Morgan fingerprint density at radius 3 is 2.80 bits per heavy atom. The molecule has 1 saturated carbocycles. The van der Waals surface area contributed by atoms with Crippen molar-refractivity contribution in [2.24, 2.45) is 7.05 Å². The quantitative estimate of drug-likeness (QED) is 0.539. The molecule has 3 heterocycles. The van der Waals surface area contributed by atoms with Gasteiger partial charge in [0.15, 0.2) is 5.65 Å². The van der Waals surface area contributed by atoms with Gasteiger partial charge in [-0.2, -0.15) is 10.2 Å². The third-order valence-corrected chi connectivity index (χ3v) is 5.58. The number of fused-ring (bicyclic) bond motifs is 1. The van der Waals surface area contributed by atoms with Crippen molar-refractivity contribution in [1.82, 2.24) is 29.9 Å². The SMILES string of the molecule is Cc1nn(C)c2nc(C3CC3)cc(C(=O)NCCc3cnn(-c4ccccc4)c3)c12. The van der Waals surface area contributed by atoms with Crippen LogP contribution in [0.4, 0.5) is 0 Å². The summed E-state index contributed by atoms with van der Waals surface area (Å²) >= 11 is 0. The zero-order valence-electron chi connectivity index (χ0n) is 17.2. The molecular formula is C23H24N6O. The molecule has 0 unspecified atom stereocenters. The van der Waals surface area contributed by atoms with E-state index in [1.807, 2.05) is 67.4 Å². The summed E-state index contributed by atoms with van der Waals surface area (Å²) in [6.07, 6.45) is 6.85. The Morgan fingerprint density at radius 2 is 2.03 bits per heavy atom. The third-order valence-electron chi connectivity index (χ3n) is 5.58. The second-order valence-electron chi connectivity index (χ2n) is 7.91. The smallest absolute Gasteiger partial charge is 0.252 e. The number of benzene rings is 1. The molecule has 1 aliphatic carbocycles. The van der Waals surface area contributed by atoms with Gasteiger partial charge < -0.3 is 5.32 Å². The van der Waals surface area contributed by atoms with Gasteiger partial charge in [-0.05, 0) is 49.9 Å². The van der Waals surface area contributed by atoms with Crippen LogP contribution in [0.3, 0.4) is 0 Å². The molecule has 1 aromatic carbocycles. The van der Waals surface area contributed by atoms with Crippen molar-refractivity contribution < 1.29 is 4.79 Å². The molecule has 0 atom stereocenters. The van der Waals surface area contributed by atoms with Crippen molar-refractivity contribution in [2.45, 2.75) is 32.1 Å². The lowest BCUT2D eigenvalue weighted by Gasteiger charge is -2.08. The van der Waals surface area contributed by atoms with E-state index in [-0.39, 0.29) is 5.91 Å². The lowest BCUT2D eigenvalue weighted by atomic mass is 10.1. The Bertz CT molecular complexity index is 1220. The highest BCUT2D eigenvalue weighted by atomic mass is 16.1. The van der Waals surface area contributed by atoms with Crippen LogP contribution in [-0.2, 0) is 13.5 Å². The van der Waals surface area contributed by atoms with Crippen LogP contribution in [0.25, 0.3) is 16.7 Å². The fourth-order valence-corrected chi connectivity index (χ4v) is 3.86. The van der Waals surface area contributed by atoms with E-state index >= 15 is 0 Å². The molecule has 1 fully saturated rings. The number of amides is 1. The fraction of sp³-hybridized carbons (Fsp3) is 0.304. The predicted octanol–water partition coefficient (Wildman–Crippen LogP) is 3.31. The number of hydrogen-bond donors (Lipinski definition) is 1. The fourth-order valence-electron chi connectivity index (χ4n) is 3.86. The predicted molar refractivity (Wildman–Crippen MR) is 115 cm³/mol. The molecule has 3 aromatic heterocycles. The van der Waals surface area contributed by atoms with Gasteiger partial charge in [0, 0.05) is 31.4 Å². The Labute approximate surface area is 174 Å². The molecular weight excluding hydrogens is 376 g/mol. The molecule has 0 aliphatic heterocycles. The lowest BCUT2D eigenvalue weighted by molar-refractivity contribution is 0.0955. The number of aryl methyl sites for hydroxylation is 2. The highest BCUT2D eigenvalue weighted by Crippen LogP contribution is 2.40. The summed E-state index contributed by atoms with van der Waals surface area (Å²) in [6.45, 7) is 2.47. The number of nitrogens with zero attached hydrogens (tertiary/aromatic N) is 5. The van der Waals surface area contributed by atoms with Crippen LogP contribution < -0.4 is 5.32 Å². The number of para-hydroxylation sites is 1. The van der Waals surface area contributed by atoms with E-state index in [9.17, 15) is 4.79 Å². The monoisotopic (exact) mass is 400 g/mol. The summed E-state index contributed by atoms with van der Waals surface area (Å²) < 4.78 is 3.62. The van der Waals surface area contributed by atoms with Crippen LogP contribution in [-0.4, -0.2) is 37.0 Å². The van der Waals surface area contributed by atoms with Crippen LogP contribution in [0.15, 0.2) is 48.8 Å². The zero-order chi connectivity index (χ0) is 20.7. The number of hydrogen-bond acceptors (Lipinski definition) is 4. The van der Waals surface area contributed by atoms with Crippen molar-refractivity contribution >= 4 is 16.9 Å². The number of rotatable bonds is 6. The summed E-state index contributed by atoms with van der Waals surface area (Å²) in [7, 11) is 1.88. The lowest BCUT2D eigenvalue weighted by Crippen LogP contribution is -2.26. The normalized spacial score (nSPS) is 13.7. The van der Waals surface area contributed by atoms with E-state index in [2.05, 4.69) is 15.5 Å². The number of carbonyl (C=O) groups excluding carboxylic acids is 1. The topological polar surface area (TPSA) is 77.6 Å². The minimum Gasteiger partial charge on any atom is -0.352 e. The number of pyridine rings is 1. The molecule has 0 saturated heterocycles. The molecule has 7 heteroatoms. The first-order valence-electron chi connectivity index (χ1n) is 10.3. The molecule has 4 aromatic rings. The van der Waals surface area contributed by atoms with Gasteiger partial charge in [-0.15, -0.1) is 0 Å². The van der Waals surface area contributed by atoms with Gasteiger partial charge in [0.1, 0.15) is 0 Å². The Hall–Kier alpha value is -3.48. The molecule has 5 rings (SSSR count). The van der Waals surface area contributed by atoms with Gasteiger partial charge in [-0.3, -0.25) is 9.48 Å². The molecule has 0 bridgehead atoms. The average Bonchev–Trinajstić information content (AvgIpc) is 3.44. The van der Waals surface area contributed by atoms with Gasteiger partial charge >= 0.3 is 0 Å². The van der Waals surface area contributed by atoms with Crippen molar-refractivity contribution in [3.8, 4) is 5.69 Å². The zero-order valence-corrected chi connectivity index (χ0v) is 17.2. The van der Waals surface area contributed by atoms with Crippen molar-refractivity contribution in [2.75, 3.05) is 6.54 Å². The van der Waals surface area contributed by atoms with Gasteiger partial charge in [0.05, 0.1) is 28.5 Å². The Kier molecular flexibility index (Phi) is 4.58. The summed E-state index contributed by atoms with van der Waals surface area (Å²) in [5.74, 6) is 0.399. The van der Waals surface area contributed by atoms with Crippen LogP contribution in [0.2, 0.25) is 0 Å². The maximum absolute atomic E-state index is 13.0. The van der Waals surface area contributed by atoms with Gasteiger partial charge in [0.2, 0.25) is 0 Å². The standard InChI is InChI=1S/C23H24N6O/c1-15-21-19(12-20(17-8-9-17)26-22(21)28(2)27-15)23(30)24-11-10-16-13-25-29(14-16)18-6-4-3-5-7-18/h3-7,12-14,17H,8-11H2,1-2H3,(H,24,30). The summed E-state index contributed by atoms with van der Waals surface area (Å²) in [6, 6.07) is 11.9. The minimum absolute atomic E-state index is 0.0733. The molecule has 1 N–H and O–H groups in total. The third kappa shape index (κ3) is 3.47. The van der Waals surface area contributed by atoms with E-state index < -0.39 is 0 Å². The van der Waals surface area contributed by atoms with Crippen LogP contribution >= 0.6 is 0 Å². The van der Waals surface area contributed by atoms with Crippen molar-refractivity contribution in [3.05, 3.63) is 71.3 Å². The average molecular weight is 400 g/mol. The Balaban J connectivity index is 1.31. The highest BCUT2D eigenvalue weighted by molar-refractivity contribution is 6.06. The molecule has 1 aliphatic rings. The van der Waals surface area contributed by atoms with Crippen LogP contribution in [0.1, 0.15) is 46.1 Å². The second-order valence-corrected chi connectivity index (χ2v) is 7.91. The molecule has 152 valence electrons. The van der Waals surface area contributed by atoms with Crippen LogP contribution in [0, 0.1) is 6.92 Å². The molecule has 1 amide bonds. The van der Waals surface area contributed by atoms with E-state index in [4.69, 9.17) is 4.98 Å². The number of carbonyl (C=O) groups is 1. The van der Waals surface area contributed by atoms with E-state index in [0.29, 0.717) is 24.4 Å². The summed E-state index contributed by atoms with van der Waals surface area (Å²) in [4.78, 5) is 17.8. The number of nitrogens with one attached hydrogen (secondary N) is 1. The van der Waals surface area contributed by atoms with Gasteiger partial charge in [0.25, 0.3) is 5.91 Å². The second kappa shape index (κ2) is 7.40. The number of aromatic nitrogens is 5. The van der Waals surface area contributed by atoms with E-state index in [1.54, 1.807) is 4.68 Å². The van der Waals surface area contributed by atoms with E-state index in [0.717, 1.165) is 46.5 Å². The molecule has 7 nitrogen and oxygen atoms in total. The summed E-state index contributed by atoms with van der Waals surface area (Å²) in [5.41, 5.74) is 5.39. The molecule has 0 spiro atoms. The maximum atomic E-state index is 13.0. The first-order valence-corrected chi connectivity index (χ1v) is 10.3. The Morgan fingerprint density at radius 1 is 1.23 bits per heavy atom. The summed E-state index contributed by atoms with van der Waals surface area (Å²) in [5, 5.41) is 12.8. The van der Waals surface area contributed by atoms with Crippen molar-refractivity contribution in [1.29, 1.82) is 0 Å². The van der Waals surface area contributed by atoms with E-state index in [1.165, 1.54) is 0 Å². The highest BCUT2D eigenvalue weighted by Gasteiger charge is 2.28. The maximum Gasteiger partial charge on any atom is 0.252 e. The van der Waals surface area contributed by atoms with Crippen LogP contribution in [0.5, 0.6) is 0 Å². The first-order chi connectivity index (χ1) is 14.6. The van der Waals surface area contributed by atoms with Gasteiger partial charge in [-0.25, -0.2) is 9.67 Å². The largest absolute Gasteiger partial charge is 0.352 e. The van der Waals surface area contributed by atoms with Gasteiger partial charge in [-0.1, -0.05) is 18.2 Å². The molecule has 0 radical (unpaired) electrons. The minimum atomic E-state index is -0.0733. The molecule has 30 heavy (non-hydrogen) atoms. The first kappa shape index (κ1) is 18.5. The van der Waals surface area contributed by atoms with Crippen molar-refractivity contribution in [3.63, 3.8) is 0 Å².